The Morgan fingerprint density at radius 3 is 2.29 bits per heavy atom. The molecule has 0 aromatic heterocycles. The summed E-state index contributed by atoms with van der Waals surface area (Å²) < 4.78 is 26.4. The molecule has 0 heterocycles. The van der Waals surface area contributed by atoms with E-state index in [2.05, 4.69) is 5.32 Å². The average molecular weight is 423 g/mol. The van der Waals surface area contributed by atoms with Gasteiger partial charge in [-0.3, -0.25) is 9.10 Å². The molecule has 2 rings (SSSR count). The van der Waals surface area contributed by atoms with Crippen LogP contribution in [0.25, 0.3) is 0 Å². The second kappa shape index (κ2) is 8.97. The van der Waals surface area contributed by atoms with Gasteiger partial charge in [-0.25, -0.2) is 8.42 Å². The zero-order valence-electron chi connectivity index (χ0n) is 16.9. The number of benzene rings is 2. The Hall–Kier alpha value is -2.05. The summed E-state index contributed by atoms with van der Waals surface area (Å²) in [6, 6.07) is 11.8. The summed E-state index contributed by atoms with van der Waals surface area (Å²) in [7, 11) is -3.71. The summed E-state index contributed by atoms with van der Waals surface area (Å²) >= 11 is 6.09. The Bertz CT molecular complexity index is 943. The molecule has 0 fully saturated rings. The Labute approximate surface area is 172 Å². The third kappa shape index (κ3) is 5.26. The zero-order valence-corrected chi connectivity index (χ0v) is 18.4. The van der Waals surface area contributed by atoms with Crippen LogP contribution in [-0.2, 0) is 14.8 Å². The quantitative estimate of drug-likeness (QED) is 0.720. The molecule has 1 amide bonds. The van der Waals surface area contributed by atoms with Crippen molar-refractivity contribution in [1.29, 1.82) is 0 Å². The molecule has 152 valence electrons. The number of aryl methyl sites for hydroxylation is 2. The molecule has 0 aliphatic carbocycles. The molecule has 2 atom stereocenters. The van der Waals surface area contributed by atoms with E-state index in [9.17, 15) is 13.2 Å². The summed E-state index contributed by atoms with van der Waals surface area (Å²) in [6.07, 6.45) is 1.43. The lowest BCUT2D eigenvalue weighted by Gasteiger charge is -2.32. The third-order valence-corrected chi connectivity index (χ3v) is 6.08. The minimum Gasteiger partial charge on any atom is -0.348 e. The Morgan fingerprint density at radius 1 is 1.14 bits per heavy atom. The molecule has 0 aliphatic rings. The van der Waals surface area contributed by atoms with Crippen LogP contribution in [-0.4, -0.2) is 26.6 Å². The van der Waals surface area contributed by atoms with Gasteiger partial charge in [-0.2, -0.15) is 0 Å². The molecule has 0 saturated heterocycles. The highest BCUT2D eigenvalue weighted by atomic mass is 35.5. The summed E-state index contributed by atoms with van der Waals surface area (Å²) in [6.45, 7) is 7.46. The van der Waals surface area contributed by atoms with Crippen LogP contribution in [0, 0.1) is 13.8 Å². The number of rotatable bonds is 7. The average Bonchev–Trinajstić information content (AvgIpc) is 2.61. The van der Waals surface area contributed by atoms with Crippen molar-refractivity contribution in [3.63, 3.8) is 0 Å². The molecule has 1 N–H and O–H groups in total. The molecule has 0 bridgehead atoms. The first kappa shape index (κ1) is 22.2. The smallest absolute Gasteiger partial charge is 0.244 e. The van der Waals surface area contributed by atoms with Gasteiger partial charge in [-0.15, -0.1) is 0 Å². The maximum absolute atomic E-state index is 13.0. The number of amides is 1. The SMILES string of the molecule is CC[C@@H](C(=O)N[C@H](C)c1ccc(C)cc1)N(c1cc(Cl)ccc1C)S(C)(=O)=O. The summed E-state index contributed by atoms with van der Waals surface area (Å²) in [4.78, 5) is 13.0. The molecule has 0 unspecified atom stereocenters. The molecule has 7 heteroatoms. The fraction of sp³-hybridized carbons (Fsp3) is 0.381. The molecule has 2 aromatic rings. The molecular weight excluding hydrogens is 396 g/mol. The van der Waals surface area contributed by atoms with Gasteiger partial charge in [0.2, 0.25) is 15.9 Å². The molecule has 5 nitrogen and oxygen atoms in total. The van der Waals surface area contributed by atoms with Gasteiger partial charge in [0, 0.05) is 5.02 Å². The first-order valence-corrected chi connectivity index (χ1v) is 11.4. The van der Waals surface area contributed by atoms with Crippen LogP contribution < -0.4 is 9.62 Å². The predicted octanol–water partition coefficient (Wildman–Crippen LogP) is 4.38. The molecule has 0 radical (unpaired) electrons. The van der Waals surface area contributed by atoms with E-state index in [0.29, 0.717) is 17.1 Å². The monoisotopic (exact) mass is 422 g/mol. The van der Waals surface area contributed by atoms with E-state index >= 15 is 0 Å². The van der Waals surface area contributed by atoms with Crippen LogP contribution in [0.15, 0.2) is 42.5 Å². The summed E-state index contributed by atoms with van der Waals surface area (Å²) in [5, 5.41) is 3.36. The lowest BCUT2D eigenvalue weighted by Crippen LogP contribution is -2.50. The van der Waals surface area contributed by atoms with E-state index in [1.807, 2.05) is 38.1 Å². The molecule has 0 saturated carbocycles. The van der Waals surface area contributed by atoms with E-state index in [4.69, 9.17) is 11.6 Å². The van der Waals surface area contributed by atoms with Gasteiger partial charge in [-0.05, 0) is 50.5 Å². The van der Waals surface area contributed by atoms with Crippen LogP contribution in [0.4, 0.5) is 5.69 Å². The van der Waals surface area contributed by atoms with Crippen LogP contribution in [0.1, 0.15) is 43.0 Å². The maximum atomic E-state index is 13.0. The van der Waals surface area contributed by atoms with Crippen LogP contribution in [0.5, 0.6) is 0 Å². The number of nitrogens with zero attached hydrogens (tertiary/aromatic N) is 1. The van der Waals surface area contributed by atoms with Crippen molar-refractivity contribution in [2.24, 2.45) is 0 Å². The lowest BCUT2D eigenvalue weighted by molar-refractivity contribution is -0.122. The van der Waals surface area contributed by atoms with Crippen molar-refractivity contribution in [2.45, 2.75) is 46.2 Å². The van der Waals surface area contributed by atoms with Crippen molar-refractivity contribution < 1.29 is 13.2 Å². The Kier molecular flexibility index (Phi) is 7.12. The number of sulfonamides is 1. The lowest BCUT2D eigenvalue weighted by atomic mass is 10.1. The highest BCUT2D eigenvalue weighted by Gasteiger charge is 2.33. The zero-order chi connectivity index (χ0) is 21.1. The van der Waals surface area contributed by atoms with Crippen molar-refractivity contribution >= 4 is 33.2 Å². The number of carbonyl (C=O) groups is 1. The van der Waals surface area contributed by atoms with Crippen molar-refractivity contribution in [1.82, 2.24) is 5.32 Å². The highest BCUT2D eigenvalue weighted by molar-refractivity contribution is 7.92. The Balaban J connectivity index is 2.36. The van der Waals surface area contributed by atoms with E-state index in [0.717, 1.165) is 22.9 Å². The normalized spacial score (nSPS) is 13.6. The van der Waals surface area contributed by atoms with E-state index in [1.165, 1.54) is 4.31 Å². The first-order valence-electron chi connectivity index (χ1n) is 9.17. The second-order valence-electron chi connectivity index (χ2n) is 7.05. The van der Waals surface area contributed by atoms with Crippen LogP contribution in [0.3, 0.4) is 0 Å². The maximum Gasteiger partial charge on any atom is 0.244 e. The number of nitrogens with one attached hydrogen (secondary N) is 1. The Morgan fingerprint density at radius 2 is 1.75 bits per heavy atom. The standard InChI is InChI=1S/C21H27ClN2O3S/c1-6-19(21(25)23-16(4)17-10-7-14(2)8-11-17)24(28(5,26)27)20-13-18(22)12-9-15(20)3/h7-13,16,19H,6H2,1-5H3,(H,23,25)/t16-,19+/m1/s1. The molecule has 0 spiro atoms. The van der Waals surface area contributed by atoms with E-state index < -0.39 is 16.1 Å². The fourth-order valence-electron chi connectivity index (χ4n) is 3.10. The van der Waals surface area contributed by atoms with Gasteiger partial charge < -0.3 is 5.32 Å². The number of carbonyl (C=O) groups excluding carboxylic acids is 1. The van der Waals surface area contributed by atoms with Gasteiger partial charge in [-0.1, -0.05) is 54.4 Å². The van der Waals surface area contributed by atoms with Gasteiger partial charge in [0.1, 0.15) is 6.04 Å². The van der Waals surface area contributed by atoms with Crippen molar-refractivity contribution in [2.75, 3.05) is 10.6 Å². The molecule has 2 aromatic carbocycles. The predicted molar refractivity (Wildman–Crippen MR) is 115 cm³/mol. The van der Waals surface area contributed by atoms with Gasteiger partial charge in [0.15, 0.2) is 0 Å². The third-order valence-electron chi connectivity index (χ3n) is 4.67. The number of anilines is 1. The van der Waals surface area contributed by atoms with Gasteiger partial charge >= 0.3 is 0 Å². The van der Waals surface area contributed by atoms with Crippen molar-refractivity contribution in [3.05, 3.63) is 64.2 Å². The van der Waals surface area contributed by atoms with Gasteiger partial charge in [0.25, 0.3) is 0 Å². The molecular formula is C21H27ClN2O3S. The van der Waals surface area contributed by atoms with E-state index in [1.54, 1.807) is 32.0 Å². The second-order valence-corrected chi connectivity index (χ2v) is 9.35. The van der Waals surface area contributed by atoms with Gasteiger partial charge in [0.05, 0.1) is 18.0 Å². The highest BCUT2D eigenvalue weighted by Crippen LogP contribution is 2.29. The topological polar surface area (TPSA) is 66.5 Å². The summed E-state index contributed by atoms with van der Waals surface area (Å²) in [5.41, 5.74) is 3.24. The van der Waals surface area contributed by atoms with E-state index in [-0.39, 0.29) is 11.9 Å². The minimum absolute atomic E-state index is 0.246. The van der Waals surface area contributed by atoms with Crippen molar-refractivity contribution in [3.8, 4) is 0 Å². The number of hydrogen-bond acceptors (Lipinski definition) is 3. The molecule has 28 heavy (non-hydrogen) atoms. The number of halogens is 1. The number of hydrogen-bond donors (Lipinski definition) is 1. The van der Waals surface area contributed by atoms with Crippen LogP contribution in [0.2, 0.25) is 5.02 Å². The minimum atomic E-state index is -3.71. The van der Waals surface area contributed by atoms with Crippen LogP contribution >= 0.6 is 11.6 Å². The first-order chi connectivity index (χ1) is 13.0. The molecule has 0 aliphatic heterocycles. The fourth-order valence-corrected chi connectivity index (χ4v) is 4.53. The largest absolute Gasteiger partial charge is 0.348 e. The summed E-state index contributed by atoms with van der Waals surface area (Å²) in [5.74, 6) is -0.347.